The number of nitrogens with zero attached hydrogens (tertiary/aromatic N) is 1. The average molecular weight is 384 g/mol. The first-order valence-electron chi connectivity index (χ1n) is 7.51. The fourth-order valence-electron chi connectivity index (χ4n) is 2.48. The smallest absolute Gasteiger partial charge is 0.355 e. The second-order valence-corrected chi connectivity index (χ2v) is 7.34. The van der Waals surface area contributed by atoms with Gasteiger partial charge < -0.3 is 19.1 Å². The molecule has 9 nitrogen and oxygen atoms in total. The zero-order valence-electron chi connectivity index (χ0n) is 14.9. The van der Waals surface area contributed by atoms with Crippen LogP contribution < -0.4 is 9.62 Å². The maximum atomic E-state index is 12.2. The molecule has 0 bridgehead atoms. The van der Waals surface area contributed by atoms with Gasteiger partial charge in [-0.1, -0.05) is 0 Å². The van der Waals surface area contributed by atoms with E-state index in [1.54, 1.807) is 25.1 Å². The van der Waals surface area contributed by atoms with E-state index < -0.39 is 22.0 Å². The molecule has 0 saturated carbocycles. The van der Waals surface area contributed by atoms with Crippen LogP contribution in [0.3, 0.4) is 0 Å². The molecule has 0 unspecified atom stereocenters. The lowest BCUT2D eigenvalue weighted by molar-refractivity contribution is -0.140. The fourth-order valence-corrected chi connectivity index (χ4v) is 3.11. The summed E-state index contributed by atoms with van der Waals surface area (Å²) in [6.07, 6.45) is 1.06. The Hall–Kier alpha value is -2.59. The van der Waals surface area contributed by atoms with Crippen molar-refractivity contribution in [2.75, 3.05) is 43.4 Å². The monoisotopic (exact) mass is 384 g/mol. The number of nitrogens with one attached hydrogen (secondary N) is 1. The number of rotatable bonds is 5. The number of sulfonamides is 1. The van der Waals surface area contributed by atoms with Gasteiger partial charge in [0.15, 0.2) is 0 Å². The van der Waals surface area contributed by atoms with E-state index in [4.69, 9.17) is 14.2 Å². The van der Waals surface area contributed by atoms with Gasteiger partial charge in [-0.2, -0.15) is 0 Å². The number of carbonyl (C=O) groups is 2. The normalized spacial score (nSPS) is 14.8. The summed E-state index contributed by atoms with van der Waals surface area (Å²) in [5, 5.41) is 0. The quantitative estimate of drug-likeness (QED) is 0.741. The molecular formula is C16H20N2O7S. The summed E-state index contributed by atoms with van der Waals surface area (Å²) in [6.45, 7) is 1.65. The van der Waals surface area contributed by atoms with Crippen molar-refractivity contribution in [3.63, 3.8) is 0 Å². The van der Waals surface area contributed by atoms with Crippen molar-refractivity contribution < 1.29 is 32.2 Å². The molecule has 0 atom stereocenters. The van der Waals surface area contributed by atoms with Crippen LogP contribution in [0.5, 0.6) is 0 Å². The van der Waals surface area contributed by atoms with Crippen LogP contribution in [0.25, 0.3) is 0 Å². The van der Waals surface area contributed by atoms with Gasteiger partial charge >= 0.3 is 11.9 Å². The molecule has 1 aliphatic rings. The second-order valence-electron chi connectivity index (χ2n) is 5.59. The molecule has 0 aromatic heterocycles. The number of benzene rings is 1. The Morgan fingerprint density at radius 3 is 2.38 bits per heavy atom. The molecule has 1 aliphatic heterocycles. The number of methoxy groups -OCH3 is 2. The number of carbonyl (C=O) groups excluding carboxylic acids is 2. The van der Waals surface area contributed by atoms with Crippen molar-refractivity contribution in [2.45, 2.75) is 6.92 Å². The number of ether oxygens (including phenoxy) is 3. The van der Waals surface area contributed by atoms with Crippen molar-refractivity contribution in [3.8, 4) is 0 Å². The Morgan fingerprint density at radius 2 is 1.85 bits per heavy atom. The molecule has 2 rings (SSSR count). The van der Waals surface area contributed by atoms with Crippen molar-refractivity contribution in [3.05, 3.63) is 35.0 Å². The van der Waals surface area contributed by atoms with E-state index in [9.17, 15) is 18.0 Å². The van der Waals surface area contributed by atoms with Crippen LogP contribution in [0, 0.1) is 6.92 Å². The van der Waals surface area contributed by atoms with Crippen molar-refractivity contribution in [2.24, 2.45) is 0 Å². The van der Waals surface area contributed by atoms with Gasteiger partial charge in [0, 0.05) is 5.69 Å². The van der Waals surface area contributed by atoms with Crippen LogP contribution in [-0.4, -0.2) is 54.2 Å². The number of hydrogen-bond donors (Lipinski definition) is 1. The lowest BCUT2D eigenvalue weighted by atomic mass is 10.1. The van der Waals surface area contributed by atoms with Gasteiger partial charge in [-0.3, -0.25) is 4.72 Å². The number of esters is 2. The molecule has 26 heavy (non-hydrogen) atoms. The van der Waals surface area contributed by atoms with Crippen LogP contribution in [-0.2, 0) is 33.8 Å². The highest BCUT2D eigenvalue weighted by Gasteiger charge is 2.32. The molecule has 0 amide bonds. The minimum atomic E-state index is -3.42. The topological polar surface area (TPSA) is 111 Å². The van der Waals surface area contributed by atoms with E-state index in [1.165, 1.54) is 19.1 Å². The van der Waals surface area contributed by atoms with Crippen molar-refractivity contribution in [1.82, 2.24) is 0 Å². The minimum absolute atomic E-state index is 0.0171. The Kier molecular flexibility index (Phi) is 5.88. The summed E-state index contributed by atoms with van der Waals surface area (Å²) in [4.78, 5) is 25.7. The van der Waals surface area contributed by atoms with Gasteiger partial charge in [-0.25, -0.2) is 18.0 Å². The third-order valence-electron chi connectivity index (χ3n) is 3.65. The molecule has 0 spiro atoms. The molecule has 1 aromatic rings. The van der Waals surface area contributed by atoms with E-state index in [1.807, 2.05) is 0 Å². The molecule has 1 heterocycles. The van der Waals surface area contributed by atoms with Crippen LogP contribution in [0.1, 0.15) is 5.56 Å². The van der Waals surface area contributed by atoms with Crippen LogP contribution >= 0.6 is 0 Å². The van der Waals surface area contributed by atoms with Gasteiger partial charge in [-0.05, 0) is 30.7 Å². The van der Waals surface area contributed by atoms with Crippen LogP contribution in [0.2, 0.25) is 0 Å². The first-order valence-corrected chi connectivity index (χ1v) is 9.40. The molecule has 0 aliphatic carbocycles. The SMILES string of the molecule is COC(=O)C1=C(C(=O)OC)N(c2ccc(NS(C)(=O)=O)c(C)c2)COC1. The molecule has 10 heteroatoms. The third-order valence-corrected chi connectivity index (χ3v) is 4.24. The Bertz CT molecular complexity index is 861. The molecule has 0 fully saturated rings. The second kappa shape index (κ2) is 7.75. The van der Waals surface area contributed by atoms with Gasteiger partial charge in [0.05, 0.1) is 38.3 Å². The predicted molar refractivity (Wildman–Crippen MR) is 94.0 cm³/mol. The molecule has 1 aromatic carbocycles. The Balaban J connectivity index is 2.50. The predicted octanol–water partition coefficient (Wildman–Crippen LogP) is 0.761. The maximum Gasteiger partial charge on any atom is 0.355 e. The average Bonchev–Trinajstić information content (AvgIpc) is 2.60. The van der Waals surface area contributed by atoms with Gasteiger partial charge in [0.25, 0.3) is 0 Å². The number of aryl methyl sites for hydroxylation is 1. The summed E-state index contributed by atoms with van der Waals surface area (Å²) < 4.78 is 40.1. The highest BCUT2D eigenvalue weighted by Crippen LogP contribution is 2.29. The number of hydrogen-bond acceptors (Lipinski definition) is 8. The fraction of sp³-hybridized carbons (Fsp3) is 0.375. The van der Waals surface area contributed by atoms with E-state index >= 15 is 0 Å². The lowest BCUT2D eigenvalue weighted by Crippen LogP contribution is -2.38. The van der Waals surface area contributed by atoms with E-state index in [0.29, 0.717) is 16.9 Å². The summed E-state index contributed by atoms with van der Waals surface area (Å²) in [5.74, 6) is -1.40. The lowest BCUT2D eigenvalue weighted by Gasteiger charge is -2.31. The molecule has 142 valence electrons. The first kappa shape index (κ1) is 19.7. The maximum absolute atomic E-state index is 12.2. The molecule has 0 saturated heterocycles. The van der Waals surface area contributed by atoms with E-state index in [0.717, 1.165) is 6.26 Å². The largest absolute Gasteiger partial charge is 0.466 e. The first-order chi connectivity index (χ1) is 12.2. The molecule has 0 radical (unpaired) electrons. The Morgan fingerprint density at radius 1 is 1.19 bits per heavy atom. The van der Waals surface area contributed by atoms with Crippen molar-refractivity contribution >= 4 is 33.3 Å². The summed E-state index contributed by atoms with van der Waals surface area (Å²) in [6, 6.07) is 4.83. The summed E-state index contributed by atoms with van der Waals surface area (Å²) >= 11 is 0. The standard InChI is InChI=1S/C16H20N2O7S/c1-10-7-11(5-6-13(10)17-26(4,21)22)18-9-25-8-12(15(19)23-2)14(18)16(20)24-3/h5-7,17H,8-9H2,1-4H3. The Labute approximate surface area is 151 Å². The zero-order chi connectivity index (χ0) is 19.5. The van der Waals surface area contributed by atoms with Gasteiger partial charge in [0.2, 0.25) is 10.0 Å². The third kappa shape index (κ3) is 4.33. The van der Waals surface area contributed by atoms with Gasteiger partial charge in [-0.15, -0.1) is 0 Å². The molecule has 1 N–H and O–H groups in total. The zero-order valence-corrected chi connectivity index (χ0v) is 15.7. The van der Waals surface area contributed by atoms with E-state index in [2.05, 4.69) is 4.72 Å². The minimum Gasteiger partial charge on any atom is -0.466 e. The highest BCUT2D eigenvalue weighted by molar-refractivity contribution is 7.92. The summed E-state index contributed by atoms with van der Waals surface area (Å²) in [5.41, 5.74) is 1.63. The number of anilines is 2. The van der Waals surface area contributed by atoms with Crippen LogP contribution in [0.15, 0.2) is 29.5 Å². The van der Waals surface area contributed by atoms with Gasteiger partial charge in [0.1, 0.15) is 12.4 Å². The van der Waals surface area contributed by atoms with Crippen molar-refractivity contribution in [1.29, 1.82) is 0 Å². The van der Waals surface area contributed by atoms with E-state index in [-0.39, 0.29) is 24.6 Å². The molecular weight excluding hydrogens is 364 g/mol. The summed E-state index contributed by atoms with van der Waals surface area (Å²) in [7, 11) is -1.00. The van der Waals surface area contributed by atoms with Crippen LogP contribution in [0.4, 0.5) is 11.4 Å². The highest BCUT2D eigenvalue weighted by atomic mass is 32.2.